The van der Waals surface area contributed by atoms with Gasteiger partial charge in [0.05, 0.1) is 5.56 Å². The summed E-state index contributed by atoms with van der Waals surface area (Å²) in [4.78, 5) is 26.8. The highest BCUT2D eigenvalue weighted by atomic mass is 32.2. The van der Waals surface area contributed by atoms with E-state index in [1.54, 1.807) is 29.2 Å². The number of benzene rings is 1. The zero-order valence-corrected chi connectivity index (χ0v) is 15.7. The molecular weight excluding hydrogens is 342 g/mol. The quantitative estimate of drug-likeness (QED) is 0.463. The average Bonchev–Trinajstić information content (AvgIpc) is 2.89. The van der Waals surface area contributed by atoms with E-state index < -0.39 is 5.97 Å². The summed E-state index contributed by atoms with van der Waals surface area (Å²) in [5.74, 6) is 0.0458. The summed E-state index contributed by atoms with van der Waals surface area (Å²) >= 11 is 3.22. The van der Waals surface area contributed by atoms with Gasteiger partial charge in [-0.25, -0.2) is 4.79 Å². The zero-order valence-electron chi connectivity index (χ0n) is 14.0. The standard InChI is InChI=1S/C18H21NO3S2/c1-12-4-6-15(7-5-12)23-9-8-19-17(20)11-22-18(21)16-10-13(2)24-14(16)3/h4-7,10H,8-9,11H2,1-3H3,(H,19,20). The summed E-state index contributed by atoms with van der Waals surface area (Å²) in [5, 5.41) is 2.76. The SMILES string of the molecule is Cc1ccc(SCCNC(=O)COC(=O)c2cc(C)sc2C)cc1. The predicted molar refractivity (Wildman–Crippen MR) is 99.0 cm³/mol. The van der Waals surface area contributed by atoms with Crippen molar-refractivity contribution in [3.8, 4) is 0 Å². The molecule has 128 valence electrons. The van der Waals surface area contributed by atoms with Crippen molar-refractivity contribution in [2.45, 2.75) is 25.7 Å². The van der Waals surface area contributed by atoms with Gasteiger partial charge in [-0.05, 0) is 39.0 Å². The van der Waals surface area contributed by atoms with E-state index in [-0.39, 0.29) is 12.5 Å². The molecule has 0 aliphatic carbocycles. The van der Waals surface area contributed by atoms with Crippen LogP contribution >= 0.6 is 23.1 Å². The normalized spacial score (nSPS) is 10.5. The van der Waals surface area contributed by atoms with Gasteiger partial charge in [-0.15, -0.1) is 23.1 Å². The molecule has 6 heteroatoms. The molecule has 0 atom stereocenters. The molecule has 0 aliphatic heterocycles. The summed E-state index contributed by atoms with van der Waals surface area (Å²) in [6.07, 6.45) is 0. The molecular formula is C18H21NO3S2. The van der Waals surface area contributed by atoms with Gasteiger partial charge in [0.15, 0.2) is 6.61 Å². The number of amides is 1. The Labute approximate surface area is 150 Å². The van der Waals surface area contributed by atoms with E-state index in [0.717, 1.165) is 15.5 Å². The molecule has 1 aromatic carbocycles. The molecule has 4 nitrogen and oxygen atoms in total. The second kappa shape index (κ2) is 8.89. The summed E-state index contributed by atoms with van der Waals surface area (Å²) < 4.78 is 5.06. The molecule has 0 radical (unpaired) electrons. The topological polar surface area (TPSA) is 55.4 Å². The average molecular weight is 364 g/mol. The van der Waals surface area contributed by atoms with Crippen LogP contribution in [0.25, 0.3) is 0 Å². The zero-order chi connectivity index (χ0) is 17.5. The van der Waals surface area contributed by atoms with Gasteiger partial charge in [0, 0.05) is 26.9 Å². The number of thiophene rings is 1. The molecule has 1 amide bonds. The highest BCUT2D eigenvalue weighted by Crippen LogP contribution is 2.21. The first kappa shape index (κ1) is 18.5. The third kappa shape index (κ3) is 5.69. The molecule has 0 aliphatic rings. The molecule has 24 heavy (non-hydrogen) atoms. The fourth-order valence-corrected chi connectivity index (χ4v) is 3.77. The van der Waals surface area contributed by atoms with Gasteiger partial charge in [0.25, 0.3) is 5.91 Å². The molecule has 2 rings (SSSR count). The van der Waals surface area contributed by atoms with E-state index in [0.29, 0.717) is 12.1 Å². The molecule has 0 saturated carbocycles. The predicted octanol–water partition coefficient (Wildman–Crippen LogP) is 3.74. The molecule has 1 aromatic heterocycles. The van der Waals surface area contributed by atoms with Crippen molar-refractivity contribution in [1.82, 2.24) is 5.32 Å². The van der Waals surface area contributed by atoms with Gasteiger partial charge >= 0.3 is 5.97 Å². The molecule has 0 saturated heterocycles. The highest BCUT2D eigenvalue weighted by Gasteiger charge is 2.14. The van der Waals surface area contributed by atoms with Gasteiger partial charge < -0.3 is 10.1 Å². The van der Waals surface area contributed by atoms with Gasteiger partial charge in [0.1, 0.15) is 0 Å². The minimum absolute atomic E-state index is 0.248. The van der Waals surface area contributed by atoms with Crippen molar-refractivity contribution in [2.75, 3.05) is 18.9 Å². The van der Waals surface area contributed by atoms with Gasteiger partial charge in [0.2, 0.25) is 0 Å². The first-order valence-corrected chi connectivity index (χ1v) is 9.46. The lowest BCUT2D eigenvalue weighted by atomic mass is 10.2. The van der Waals surface area contributed by atoms with E-state index in [9.17, 15) is 9.59 Å². The Morgan fingerprint density at radius 3 is 2.50 bits per heavy atom. The lowest BCUT2D eigenvalue weighted by molar-refractivity contribution is -0.124. The van der Waals surface area contributed by atoms with Crippen molar-refractivity contribution in [1.29, 1.82) is 0 Å². The number of hydrogen-bond acceptors (Lipinski definition) is 5. The number of carbonyl (C=O) groups excluding carboxylic acids is 2. The fourth-order valence-electron chi connectivity index (χ4n) is 2.09. The van der Waals surface area contributed by atoms with Crippen LogP contribution < -0.4 is 5.32 Å². The van der Waals surface area contributed by atoms with Crippen LogP contribution in [0.15, 0.2) is 35.2 Å². The van der Waals surface area contributed by atoms with E-state index in [1.165, 1.54) is 10.5 Å². The van der Waals surface area contributed by atoms with Crippen LogP contribution in [0.1, 0.15) is 25.7 Å². The van der Waals surface area contributed by atoms with E-state index in [4.69, 9.17) is 4.74 Å². The van der Waals surface area contributed by atoms with Crippen LogP contribution in [-0.2, 0) is 9.53 Å². The van der Waals surface area contributed by atoms with E-state index in [2.05, 4.69) is 36.5 Å². The number of thioether (sulfide) groups is 1. The summed E-state index contributed by atoms with van der Waals surface area (Å²) in [6.45, 7) is 6.15. The summed E-state index contributed by atoms with van der Waals surface area (Å²) in [5.41, 5.74) is 1.77. The van der Waals surface area contributed by atoms with Crippen LogP contribution in [0, 0.1) is 20.8 Å². The molecule has 0 bridgehead atoms. The monoisotopic (exact) mass is 363 g/mol. The van der Waals surface area contributed by atoms with Crippen LogP contribution in [0.2, 0.25) is 0 Å². The van der Waals surface area contributed by atoms with Crippen molar-refractivity contribution in [2.24, 2.45) is 0 Å². The van der Waals surface area contributed by atoms with Crippen molar-refractivity contribution in [3.63, 3.8) is 0 Å². The Hall–Kier alpha value is -1.79. The Morgan fingerprint density at radius 1 is 1.17 bits per heavy atom. The van der Waals surface area contributed by atoms with Crippen LogP contribution in [0.4, 0.5) is 0 Å². The first-order valence-electron chi connectivity index (χ1n) is 7.66. The smallest absolute Gasteiger partial charge is 0.339 e. The maximum absolute atomic E-state index is 11.9. The Morgan fingerprint density at radius 2 is 1.88 bits per heavy atom. The summed E-state index contributed by atoms with van der Waals surface area (Å²) in [6, 6.07) is 10.0. The number of hydrogen-bond donors (Lipinski definition) is 1. The van der Waals surface area contributed by atoms with Gasteiger partial charge in [-0.2, -0.15) is 0 Å². The fraction of sp³-hybridized carbons (Fsp3) is 0.333. The Balaban J connectivity index is 1.65. The number of esters is 1. The van der Waals surface area contributed by atoms with Crippen LogP contribution in [-0.4, -0.2) is 30.8 Å². The largest absolute Gasteiger partial charge is 0.452 e. The third-order valence-corrected chi connectivity index (χ3v) is 5.29. The second-order valence-electron chi connectivity index (χ2n) is 5.41. The van der Waals surface area contributed by atoms with Crippen molar-refractivity contribution >= 4 is 35.0 Å². The Bertz CT molecular complexity index is 708. The first-order chi connectivity index (χ1) is 11.5. The molecule has 0 fully saturated rings. The number of ether oxygens (including phenoxy) is 1. The van der Waals surface area contributed by atoms with Crippen LogP contribution in [0.5, 0.6) is 0 Å². The molecule has 2 aromatic rings. The number of aryl methyl sites for hydroxylation is 3. The minimum atomic E-state index is -0.443. The van der Waals surface area contributed by atoms with E-state index >= 15 is 0 Å². The molecule has 1 N–H and O–H groups in total. The molecule has 1 heterocycles. The van der Waals surface area contributed by atoms with Crippen LogP contribution in [0.3, 0.4) is 0 Å². The van der Waals surface area contributed by atoms with Crippen molar-refractivity contribution < 1.29 is 14.3 Å². The molecule has 0 unspecified atom stereocenters. The number of rotatable bonds is 7. The van der Waals surface area contributed by atoms with Crippen molar-refractivity contribution in [3.05, 3.63) is 51.2 Å². The van der Waals surface area contributed by atoms with Gasteiger partial charge in [-0.1, -0.05) is 17.7 Å². The second-order valence-corrected chi connectivity index (χ2v) is 8.04. The number of nitrogens with one attached hydrogen (secondary N) is 1. The lowest BCUT2D eigenvalue weighted by Gasteiger charge is -2.06. The molecule has 0 spiro atoms. The van der Waals surface area contributed by atoms with Gasteiger partial charge in [-0.3, -0.25) is 4.79 Å². The summed E-state index contributed by atoms with van der Waals surface area (Å²) in [7, 11) is 0. The Kier molecular flexibility index (Phi) is 6.87. The maximum atomic E-state index is 11.9. The highest BCUT2D eigenvalue weighted by molar-refractivity contribution is 7.99. The number of carbonyl (C=O) groups is 2. The third-order valence-electron chi connectivity index (χ3n) is 3.31. The maximum Gasteiger partial charge on any atom is 0.339 e. The lowest BCUT2D eigenvalue weighted by Crippen LogP contribution is -2.30. The van der Waals surface area contributed by atoms with E-state index in [1.807, 2.05) is 13.8 Å². The minimum Gasteiger partial charge on any atom is -0.452 e.